The first kappa shape index (κ1) is 11.8. The highest BCUT2D eigenvalue weighted by Gasteiger charge is 2.29. The van der Waals surface area contributed by atoms with Gasteiger partial charge < -0.3 is 4.57 Å². The SMILES string of the molecule is CC(C)(C)n1c2c(c3ccccc31)-c1ccccc1C2. The van der Waals surface area contributed by atoms with Gasteiger partial charge in [-0.25, -0.2) is 0 Å². The molecule has 1 nitrogen and oxygen atoms in total. The van der Waals surface area contributed by atoms with Crippen molar-refractivity contribution in [1.29, 1.82) is 0 Å². The minimum atomic E-state index is 0.106. The van der Waals surface area contributed by atoms with E-state index < -0.39 is 0 Å². The highest BCUT2D eigenvalue weighted by molar-refractivity contribution is 6.01. The van der Waals surface area contributed by atoms with Gasteiger partial charge in [-0.2, -0.15) is 0 Å². The van der Waals surface area contributed by atoms with Gasteiger partial charge in [0.2, 0.25) is 0 Å². The van der Waals surface area contributed by atoms with Crippen LogP contribution in [0.1, 0.15) is 32.0 Å². The second-order valence-corrected chi connectivity index (χ2v) is 6.68. The maximum absolute atomic E-state index is 2.53. The van der Waals surface area contributed by atoms with Crippen LogP contribution in [0.2, 0.25) is 0 Å². The van der Waals surface area contributed by atoms with E-state index in [9.17, 15) is 0 Å². The van der Waals surface area contributed by atoms with Crippen molar-refractivity contribution in [2.24, 2.45) is 0 Å². The van der Waals surface area contributed by atoms with Crippen molar-refractivity contribution in [3.63, 3.8) is 0 Å². The molecule has 1 heterocycles. The number of benzene rings is 2. The first-order chi connectivity index (χ1) is 9.57. The molecule has 1 aromatic heterocycles. The van der Waals surface area contributed by atoms with Crippen LogP contribution in [-0.4, -0.2) is 4.57 Å². The van der Waals surface area contributed by atoms with Crippen molar-refractivity contribution < 1.29 is 0 Å². The number of nitrogens with zero attached hydrogens (tertiary/aromatic N) is 1. The van der Waals surface area contributed by atoms with Gasteiger partial charge in [0.1, 0.15) is 0 Å². The van der Waals surface area contributed by atoms with Crippen molar-refractivity contribution in [2.45, 2.75) is 32.7 Å². The Morgan fingerprint density at radius 1 is 0.900 bits per heavy atom. The number of fused-ring (bicyclic) bond motifs is 5. The summed E-state index contributed by atoms with van der Waals surface area (Å²) in [6, 6.07) is 17.6. The Balaban J connectivity index is 2.16. The smallest absolute Gasteiger partial charge is 0.0494 e. The van der Waals surface area contributed by atoms with Crippen molar-refractivity contribution in [1.82, 2.24) is 4.57 Å². The van der Waals surface area contributed by atoms with Gasteiger partial charge in [-0.3, -0.25) is 0 Å². The topological polar surface area (TPSA) is 4.93 Å². The minimum Gasteiger partial charge on any atom is -0.338 e. The molecular formula is C19H19N. The minimum absolute atomic E-state index is 0.106. The van der Waals surface area contributed by atoms with Crippen LogP contribution < -0.4 is 0 Å². The maximum Gasteiger partial charge on any atom is 0.0494 e. The van der Waals surface area contributed by atoms with E-state index in [1.165, 1.54) is 33.3 Å². The Hall–Kier alpha value is -2.02. The molecule has 20 heavy (non-hydrogen) atoms. The summed E-state index contributed by atoms with van der Waals surface area (Å²) in [5.74, 6) is 0. The molecule has 0 radical (unpaired) electrons. The number of rotatable bonds is 0. The third-order valence-corrected chi connectivity index (χ3v) is 4.29. The van der Waals surface area contributed by atoms with Crippen LogP contribution in [0.5, 0.6) is 0 Å². The molecule has 0 bridgehead atoms. The Labute approximate surface area is 119 Å². The molecule has 100 valence electrons. The molecule has 0 saturated carbocycles. The van der Waals surface area contributed by atoms with E-state index in [0.29, 0.717) is 0 Å². The zero-order valence-electron chi connectivity index (χ0n) is 12.3. The molecule has 3 aromatic rings. The summed E-state index contributed by atoms with van der Waals surface area (Å²) in [7, 11) is 0. The molecule has 0 spiro atoms. The van der Waals surface area contributed by atoms with E-state index in [4.69, 9.17) is 0 Å². The predicted octanol–water partition coefficient (Wildman–Crippen LogP) is 4.97. The van der Waals surface area contributed by atoms with Gasteiger partial charge in [0.15, 0.2) is 0 Å². The van der Waals surface area contributed by atoms with Crippen molar-refractivity contribution >= 4 is 10.9 Å². The molecule has 0 atom stereocenters. The van der Waals surface area contributed by atoms with Gasteiger partial charge >= 0.3 is 0 Å². The normalized spacial score (nSPS) is 13.6. The number of hydrogen-bond acceptors (Lipinski definition) is 0. The molecule has 1 aliphatic rings. The monoisotopic (exact) mass is 261 g/mol. The zero-order chi connectivity index (χ0) is 13.9. The van der Waals surface area contributed by atoms with Crippen LogP contribution in [0.3, 0.4) is 0 Å². The summed E-state index contributed by atoms with van der Waals surface area (Å²) in [5, 5.41) is 1.39. The summed E-state index contributed by atoms with van der Waals surface area (Å²) >= 11 is 0. The second-order valence-electron chi connectivity index (χ2n) is 6.68. The lowest BCUT2D eigenvalue weighted by molar-refractivity contribution is 0.401. The van der Waals surface area contributed by atoms with Crippen LogP contribution in [0.25, 0.3) is 22.0 Å². The Kier molecular flexibility index (Phi) is 2.21. The first-order valence-electron chi connectivity index (χ1n) is 7.28. The van der Waals surface area contributed by atoms with Crippen LogP contribution in [0, 0.1) is 0 Å². The summed E-state index contributed by atoms with van der Waals surface area (Å²) in [5.41, 5.74) is 7.27. The number of aromatic nitrogens is 1. The molecule has 0 saturated heterocycles. The summed E-state index contributed by atoms with van der Waals surface area (Å²) in [4.78, 5) is 0. The van der Waals surface area contributed by atoms with Gasteiger partial charge in [-0.15, -0.1) is 0 Å². The fourth-order valence-electron chi connectivity index (χ4n) is 3.63. The van der Waals surface area contributed by atoms with Crippen molar-refractivity contribution in [2.75, 3.05) is 0 Å². The highest BCUT2D eigenvalue weighted by atomic mass is 15.1. The summed E-state index contributed by atoms with van der Waals surface area (Å²) < 4.78 is 2.53. The van der Waals surface area contributed by atoms with Crippen LogP contribution in [0.15, 0.2) is 48.5 Å². The van der Waals surface area contributed by atoms with Gasteiger partial charge in [0.25, 0.3) is 0 Å². The van der Waals surface area contributed by atoms with Crippen LogP contribution in [0.4, 0.5) is 0 Å². The molecule has 2 aromatic carbocycles. The second kappa shape index (κ2) is 3.76. The third-order valence-electron chi connectivity index (χ3n) is 4.29. The van der Waals surface area contributed by atoms with E-state index in [0.717, 1.165) is 6.42 Å². The Morgan fingerprint density at radius 3 is 2.40 bits per heavy atom. The average Bonchev–Trinajstić information content (AvgIpc) is 2.90. The summed E-state index contributed by atoms with van der Waals surface area (Å²) in [6.07, 6.45) is 1.05. The van der Waals surface area contributed by atoms with E-state index in [-0.39, 0.29) is 5.54 Å². The molecule has 1 heteroatoms. The van der Waals surface area contributed by atoms with E-state index in [2.05, 4.69) is 73.9 Å². The van der Waals surface area contributed by atoms with Gasteiger partial charge in [0.05, 0.1) is 0 Å². The highest BCUT2D eigenvalue weighted by Crippen LogP contribution is 2.45. The van der Waals surface area contributed by atoms with Gasteiger partial charge in [0, 0.05) is 34.1 Å². The zero-order valence-corrected chi connectivity index (χ0v) is 12.3. The Morgan fingerprint density at radius 2 is 1.60 bits per heavy atom. The maximum atomic E-state index is 2.53. The van der Waals surface area contributed by atoms with Gasteiger partial charge in [-0.05, 0) is 38.0 Å². The summed E-state index contributed by atoms with van der Waals surface area (Å²) in [6.45, 7) is 6.88. The molecule has 0 aliphatic heterocycles. The standard InChI is InChI=1S/C19H19N/c1-19(2,3)20-16-11-7-6-10-15(16)18-14-9-5-4-8-13(14)12-17(18)20/h4-11H,12H2,1-3H3. The quantitative estimate of drug-likeness (QED) is 0.421. The lowest BCUT2D eigenvalue weighted by atomic mass is 10.0. The van der Waals surface area contributed by atoms with Crippen LogP contribution >= 0.6 is 0 Å². The van der Waals surface area contributed by atoms with Crippen molar-refractivity contribution in [3.05, 3.63) is 59.8 Å². The number of para-hydroxylation sites is 1. The molecule has 1 aliphatic carbocycles. The lowest BCUT2D eigenvalue weighted by Crippen LogP contribution is -2.23. The van der Waals surface area contributed by atoms with E-state index in [1.807, 2.05) is 0 Å². The molecular weight excluding hydrogens is 242 g/mol. The average molecular weight is 261 g/mol. The predicted molar refractivity (Wildman–Crippen MR) is 85.2 cm³/mol. The lowest BCUT2D eigenvalue weighted by Gasteiger charge is -2.25. The van der Waals surface area contributed by atoms with E-state index in [1.54, 1.807) is 0 Å². The Bertz CT molecular complexity index is 815. The fraction of sp³-hybridized carbons (Fsp3) is 0.263. The van der Waals surface area contributed by atoms with E-state index >= 15 is 0 Å². The van der Waals surface area contributed by atoms with Gasteiger partial charge in [-0.1, -0.05) is 42.5 Å². The fourth-order valence-corrected chi connectivity index (χ4v) is 3.63. The molecule has 0 N–H and O–H groups in total. The first-order valence-corrected chi connectivity index (χ1v) is 7.28. The largest absolute Gasteiger partial charge is 0.338 e. The third kappa shape index (κ3) is 1.44. The van der Waals surface area contributed by atoms with Crippen molar-refractivity contribution in [3.8, 4) is 11.1 Å². The van der Waals surface area contributed by atoms with Crippen LogP contribution in [-0.2, 0) is 12.0 Å². The number of hydrogen-bond donors (Lipinski definition) is 0. The molecule has 0 unspecified atom stereocenters. The molecule has 0 fully saturated rings. The molecule has 4 rings (SSSR count). The molecule has 0 amide bonds.